The van der Waals surface area contributed by atoms with Gasteiger partial charge >= 0.3 is 0 Å². The van der Waals surface area contributed by atoms with Crippen LogP contribution in [-0.4, -0.2) is 0 Å². The predicted molar refractivity (Wildman–Crippen MR) is 273 cm³/mol. The average molecular weight is 846 g/mol. The summed E-state index contributed by atoms with van der Waals surface area (Å²) < 4.78 is 0. The highest BCUT2D eigenvalue weighted by Gasteiger charge is 2.62. The summed E-state index contributed by atoms with van der Waals surface area (Å²) in [7, 11) is 0. The van der Waals surface area contributed by atoms with E-state index in [9.17, 15) is 0 Å². The molecule has 1 nitrogen and oxygen atoms in total. The summed E-state index contributed by atoms with van der Waals surface area (Å²) in [6.45, 7) is 0. The van der Waals surface area contributed by atoms with Crippen molar-refractivity contribution in [3.63, 3.8) is 0 Å². The summed E-state index contributed by atoms with van der Waals surface area (Å²) in [5, 5.41) is 0. The van der Waals surface area contributed by atoms with E-state index in [1.54, 1.807) is 11.1 Å². The van der Waals surface area contributed by atoms with Gasteiger partial charge in [0.1, 0.15) is 0 Å². The number of nitrogens with zero attached hydrogens (tertiary/aromatic N) is 1. The van der Waals surface area contributed by atoms with Crippen molar-refractivity contribution in [2.24, 2.45) is 23.7 Å². The lowest BCUT2D eigenvalue weighted by atomic mass is 9.43. The fourth-order valence-electron chi connectivity index (χ4n) is 14.9. The molecule has 9 aromatic carbocycles. The fourth-order valence-corrected chi connectivity index (χ4v) is 14.9. The Bertz CT molecular complexity index is 3250. The molecule has 1 heteroatoms. The molecule has 6 aliphatic rings. The minimum Gasteiger partial charge on any atom is -0.309 e. The molecule has 0 amide bonds. The Kier molecular flexibility index (Phi) is 8.45. The van der Waals surface area contributed by atoms with Crippen LogP contribution in [-0.2, 0) is 10.8 Å². The molecule has 316 valence electrons. The molecule has 15 rings (SSSR count). The minimum atomic E-state index is -0.472. The van der Waals surface area contributed by atoms with Crippen molar-refractivity contribution in [3.05, 3.63) is 258 Å². The maximum Gasteiger partial charge on any atom is 0.0713 e. The SMILES string of the molecule is c1ccc(-c2cccc(N(c3ccc4c(c3)-c3ccccc3C4(c3ccccc3)c3ccccc3)c3cccc4c3C3(c5ccccc5-4)C4CC5CC(C4)CC3C5)c2-c2ccccc2)cc1. The zero-order valence-electron chi connectivity index (χ0n) is 37.2. The molecule has 4 bridgehead atoms. The van der Waals surface area contributed by atoms with Crippen LogP contribution in [0.1, 0.15) is 65.5 Å². The van der Waals surface area contributed by atoms with Gasteiger partial charge in [0.15, 0.2) is 0 Å². The lowest BCUT2D eigenvalue weighted by molar-refractivity contribution is -0.0397. The Hall–Kier alpha value is -7.22. The van der Waals surface area contributed by atoms with Crippen molar-refractivity contribution in [1.82, 2.24) is 0 Å². The highest BCUT2D eigenvalue weighted by atomic mass is 15.2. The van der Waals surface area contributed by atoms with Crippen LogP contribution in [0.15, 0.2) is 224 Å². The van der Waals surface area contributed by atoms with E-state index in [-0.39, 0.29) is 5.41 Å². The van der Waals surface area contributed by atoms with Gasteiger partial charge in [-0.15, -0.1) is 0 Å². The maximum absolute atomic E-state index is 2.71. The molecule has 0 aliphatic heterocycles. The summed E-state index contributed by atoms with van der Waals surface area (Å²) in [4.78, 5) is 2.71. The Morgan fingerprint density at radius 1 is 0.348 bits per heavy atom. The van der Waals surface area contributed by atoms with Crippen LogP contribution in [0.3, 0.4) is 0 Å². The molecular formula is C65H51N. The van der Waals surface area contributed by atoms with Gasteiger partial charge < -0.3 is 4.90 Å². The van der Waals surface area contributed by atoms with Gasteiger partial charge in [-0.25, -0.2) is 0 Å². The van der Waals surface area contributed by atoms with E-state index in [0.717, 1.165) is 11.8 Å². The van der Waals surface area contributed by atoms with Crippen LogP contribution in [0.4, 0.5) is 17.1 Å². The molecule has 0 unspecified atom stereocenters. The molecule has 6 aliphatic carbocycles. The van der Waals surface area contributed by atoms with Crippen LogP contribution in [0.2, 0.25) is 0 Å². The van der Waals surface area contributed by atoms with Gasteiger partial charge in [-0.05, 0) is 152 Å². The second-order valence-electron chi connectivity index (χ2n) is 19.9. The number of benzene rings is 9. The molecule has 0 aromatic heterocycles. The first-order valence-corrected chi connectivity index (χ1v) is 24.4. The zero-order valence-corrected chi connectivity index (χ0v) is 37.2. The number of anilines is 3. The Balaban J connectivity index is 1.09. The Morgan fingerprint density at radius 3 is 1.47 bits per heavy atom. The number of rotatable bonds is 7. The quantitative estimate of drug-likeness (QED) is 0.154. The van der Waals surface area contributed by atoms with Crippen molar-refractivity contribution in [1.29, 1.82) is 0 Å². The first-order valence-electron chi connectivity index (χ1n) is 24.4. The van der Waals surface area contributed by atoms with E-state index >= 15 is 0 Å². The normalized spacial score (nSPS) is 22.1. The fraction of sp³-hybridized carbons (Fsp3) is 0.169. The van der Waals surface area contributed by atoms with Crippen molar-refractivity contribution in [2.75, 3.05) is 4.90 Å². The van der Waals surface area contributed by atoms with Gasteiger partial charge in [0.2, 0.25) is 0 Å². The third-order valence-corrected chi connectivity index (χ3v) is 16.9. The van der Waals surface area contributed by atoms with E-state index < -0.39 is 5.41 Å². The van der Waals surface area contributed by atoms with E-state index in [1.165, 1.54) is 116 Å². The second kappa shape index (κ2) is 14.6. The van der Waals surface area contributed by atoms with Crippen LogP contribution in [0, 0.1) is 23.7 Å². The molecule has 4 saturated carbocycles. The number of fused-ring (bicyclic) bond motifs is 6. The Morgan fingerprint density at radius 2 is 0.833 bits per heavy atom. The van der Waals surface area contributed by atoms with Crippen LogP contribution in [0.5, 0.6) is 0 Å². The van der Waals surface area contributed by atoms with E-state index in [4.69, 9.17) is 0 Å². The molecule has 0 saturated heterocycles. The lowest BCUT2D eigenvalue weighted by Gasteiger charge is -2.61. The highest BCUT2D eigenvalue weighted by Crippen LogP contribution is 2.71. The van der Waals surface area contributed by atoms with Crippen LogP contribution < -0.4 is 4.90 Å². The van der Waals surface area contributed by atoms with E-state index in [1.807, 2.05) is 0 Å². The molecule has 0 atom stereocenters. The van der Waals surface area contributed by atoms with Crippen molar-refractivity contribution in [3.8, 4) is 44.5 Å². The summed E-state index contributed by atoms with van der Waals surface area (Å²) in [6.07, 6.45) is 6.78. The van der Waals surface area contributed by atoms with Gasteiger partial charge in [0, 0.05) is 16.7 Å². The van der Waals surface area contributed by atoms with E-state index in [2.05, 4.69) is 229 Å². The van der Waals surface area contributed by atoms with Crippen molar-refractivity contribution in [2.45, 2.75) is 42.9 Å². The van der Waals surface area contributed by atoms with Gasteiger partial charge in [0.25, 0.3) is 0 Å². The van der Waals surface area contributed by atoms with E-state index in [0.29, 0.717) is 11.8 Å². The van der Waals surface area contributed by atoms with Gasteiger partial charge in [-0.3, -0.25) is 0 Å². The van der Waals surface area contributed by atoms with Crippen molar-refractivity contribution >= 4 is 17.1 Å². The molecule has 0 heterocycles. The zero-order chi connectivity index (χ0) is 43.4. The van der Waals surface area contributed by atoms with Gasteiger partial charge in [-0.1, -0.05) is 200 Å². The van der Waals surface area contributed by atoms with Crippen LogP contribution in [0.25, 0.3) is 44.5 Å². The summed E-state index contributed by atoms with van der Waals surface area (Å²) in [5.74, 6) is 2.98. The third-order valence-electron chi connectivity index (χ3n) is 16.9. The minimum absolute atomic E-state index is 0.0305. The molecular weight excluding hydrogens is 795 g/mol. The lowest BCUT2D eigenvalue weighted by Crippen LogP contribution is -2.55. The van der Waals surface area contributed by atoms with Gasteiger partial charge in [-0.2, -0.15) is 0 Å². The maximum atomic E-state index is 2.71. The summed E-state index contributed by atoms with van der Waals surface area (Å²) in [5.41, 5.74) is 22.0. The number of hydrogen-bond acceptors (Lipinski definition) is 1. The molecule has 0 N–H and O–H groups in total. The molecule has 1 spiro atoms. The monoisotopic (exact) mass is 845 g/mol. The first kappa shape index (κ1) is 38.1. The average Bonchev–Trinajstić information content (AvgIpc) is 3.85. The van der Waals surface area contributed by atoms with Crippen LogP contribution >= 0.6 is 0 Å². The molecule has 4 fully saturated rings. The molecule has 66 heavy (non-hydrogen) atoms. The standard InChI is InChI=1S/C65H51N/c1-5-19-45(20-6-1)52-29-17-33-60(62(52)46-21-7-2-8-22-46)66(61-34-18-30-55-53-27-13-16-32-58(53)65(63(55)61)49-38-43-37-44(40-49)41-50(65)39-43)51-35-36-59-56(42-51)54-28-14-15-31-57(54)64(59,47-23-9-3-10-24-47)48-25-11-4-12-26-48/h1-36,42-44,49-50H,37-41H2. The summed E-state index contributed by atoms with van der Waals surface area (Å²) >= 11 is 0. The first-order chi connectivity index (χ1) is 32.7. The van der Waals surface area contributed by atoms with Gasteiger partial charge in [0.05, 0.1) is 16.8 Å². The molecule has 0 radical (unpaired) electrons. The second-order valence-corrected chi connectivity index (χ2v) is 19.9. The Labute approximate surface area is 389 Å². The summed E-state index contributed by atoms with van der Waals surface area (Å²) in [6, 6.07) is 85.2. The largest absolute Gasteiger partial charge is 0.309 e. The topological polar surface area (TPSA) is 3.24 Å². The number of hydrogen-bond donors (Lipinski definition) is 0. The smallest absolute Gasteiger partial charge is 0.0713 e. The molecule has 9 aromatic rings. The highest BCUT2D eigenvalue weighted by molar-refractivity contribution is 6.00. The predicted octanol–water partition coefficient (Wildman–Crippen LogP) is 16.6. The third kappa shape index (κ3) is 5.23. The van der Waals surface area contributed by atoms with Crippen molar-refractivity contribution < 1.29 is 0 Å².